The predicted molar refractivity (Wildman–Crippen MR) is 129 cm³/mol. The van der Waals surface area contributed by atoms with Crippen LogP contribution in [0.25, 0.3) is 16.0 Å². The highest BCUT2D eigenvalue weighted by Gasteiger charge is 2.44. The number of benzene rings is 2. The van der Waals surface area contributed by atoms with E-state index < -0.39 is 29.3 Å². The van der Waals surface area contributed by atoms with Gasteiger partial charge in [0, 0.05) is 18.8 Å². The molecular weight excluding hydrogens is 455 g/mol. The summed E-state index contributed by atoms with van der Waals surface area (Å²) in [6.07, 6.45) is 0. The molecule has 0 saturated heterocycles. The number of fused-ring (bicyclic) bond motifs is 3. The average Bonchev–Trinajstić information content (AvgIpc) is 3.41. The van der Waals surface area contributed by atoms with E-state index in [1.165, 1.54) is 34.4 Å². The molecule has 3 heterocycles. The van der Waals surface area contributed by atoms with Gasteiger partial charge in [-0.3, -0.25) is 14.0 Å². The number of aryl methyl sites for hydroxylation is 1. The minimum atomic E-state index is -0.888. The molecule has 1 aliphatic rings. The largest absolute Gasteiger partial charge is 0.503 e. The van der Waals surface area contributed by atoms with Crippen molar-refractivity contribution in [2.75, 3.05) is 27.2 Å². The molecule has 0 spiro atoms. The Kier molecular flexibility index (Phi) is 5.45. The molecule has 1 aliphatic heterocycles. The van der Waals surface area contributed by atoms with E-state index in [0.29, 0.717) is 27.6 Å². The van der Waals surface area contributed by atoms with E-state index in [2.05, 4.69) is 4.98 Å². The van der Waals surface area contributed by atoms with Crippen molar-refractivity contribution >= 4 is 39.0 Å². The number of carbonyl (C=O) groups is 2. The van der Waals surface area contributed by atoms with Crippen molar-refractivity contribution in [3.05, 3.63) is 81.8 Å². The van der Waals surface area contributed by atoms with E-state index in [1.807, 2.05) is 54.6 Å². The van der Waals surface area contributed by atoms with Gasteiger partial charge in [-0.25, -0.2) is 9.37 Å². The quantitative estimate of drug-likeness (QED) is 0.422. The number of carbonyl (C=O) groups excluding carboxylic acids is 2. The van der Waals surface area contributed by atoms with E-state index in [9.17, 15) is 19.1 Å². The second-order valence-electron chi connectivity index (χ2n) is 8.59. The van der Waals surface area contributed by atoms with Gasteiger partial charge < -0.3 is 14.9 Å². The number of halogens is 1. The number of hydrogen-bond acceptors (Lipinski definition) is 6. The number of thiazole rings is 1. The maximum atomic E-state index is 14.1. The Morgan fingerprint density at radius 2 is 1.97 bits per heavy atom. The van der Waals surface area contributed by atoms with Crippen LogP contribution >= 0.6 is 11.3 Å². The van der Waals surface area contributed by atoms with Crippen molar-refractivity contribution in [1.29, 1.82) is 0 Å². The molecule has 0 radical (unpaired) electrons. The van der Waals surface area contributed by atoms with Crippen LogP contribution in [0, 0.1) is 12.7 Å². The molecule has 7 nitrogen and oxygen atoms in total. The summed E-state index contributed by atoms with van der Waals surface area (Å²) in [5, 5.41) is 10.9. The van der Waals surface area contributed by atoms with Gasteiger partial charge in [0.25, 0.3) is 5.91 Å². The molecule has 2 aromatic carbocycles. The summed E-state index contributed by atoms with van der Waals surface area (Å²) < 4.78 is 16.0. The van der Waals surface area contributed by atoms with Gasteiger partial charge >= 0.3 is 0 Å². The first-order chi connectivity index (χ1) is 16.3. The lowest BCUT2D eigenvalue weighted by Crippen LogP contribution is -2.36. The maximum Gasteiger partial charge on any atom is 0.290 e. The topological polar surface area (TPSA) is 78.2 Å². The van der Waals surface area contributed by atoms with Crippen LogP contribution in [0.1, 0.15) is 27.0 Å². The van der Waals surface area contributed by atoms with Crippen LogP contribution in [0.3, 0.4) is 0 Å². The summed E-state index contributed by atoms with van der Waals surface area (Å²) in [6, 6.07) is 12.6. The number of rotatable bonds is 6. The number of nitrogens with zero attached hydrogens (tertiary/aromatic N) is 4. The molecular formula is C25H23FN4O3S. The zero-order valence-corrected chi connectivity index (χ0v) is 19.8. The lowest BCUT2D eigenvalue weighted by Gasteiger charge is -2.28. The molecule has 1 N–H and O–H groups in total. The highest BCUT2D eigenvalue weighted by molar-refractivity contribution is 7.19. The third kappa shape index (κ3) is 3.48. The molecule has 5 rings (SSSR count). The van der Waals surface area contributed by atoms with E-state index in [-0.39, 0.29) is 12.1 Å². The second-order valence-corrected chi connectivity index (χ2v) is 9.56. The third-order valence-electron chi connectivity index (χ3n) is 6.09. The molecule has 4 aromatic rings. The van der Waals surface area contributed by atoms with Crippen molar-refractivity contribution in [3.8, 4) is 0 Å². The number of hydrogen-bond donors (Lipinski definition) is 1. The number of para-hydroxylation sites is 2. The van der Waals surface area contributed by atoms with Crippen LogP contribution in [0.15, 0.2) is 59.9 Å². The molecule has 1 amide bonds. The van der Waals surface area contributed by atoms with Crippen molar-refractivity contribution in [2.24, 2.45) is 0 Å². The van der Waals surface area contributed by atoms with Crippen LogP contribution in [0.5, 0.6) is 0 Å². The first kappa shape index (κ1) is 22.2. The number of aromatic nitrogens is 2. The van der Waals surface area contributed by atoms with E-state index in [0.717, 1.165) is 11.0 Å². The van der Waals surface area contributed by atoms with Crippen molar-refractivity contribution in [2.45, 2.75) is 13.0 Å². The third-order valence-corrected chi connectivity index (χ3v) is 7.24. The van der Waals surface area contributed by atoms with Crippen molar-refractivity contribution in [3.63, 3.8) is 0 Å². The van der Waals surface area contributed by atoms with Crippen molar-refractivity contribution < 1.29 is 19.1 Å². The van der Waals surface area contributed by atoms with Crippen molar-refractivity contribution in [1.82, 2.24) is 19.2 Å². The molecule has 0 saturated carbocycles. The molecule has 2 aromatic heterocycles. The number of aliphatic hydroxyl groups is 1. The van der Waals surface area contributed by atoms with Gasteiger partial charge in [0.15, 0.2) is 10.7 Å². The summed E-state index contributed by atoms with van der Waals surface area (Å²) in [5.41, 5.74) is 2.77. The fourth-order valence-electron chi connectivity index (χ4n) is 4.44. The van der Waals surface area contributed by atoms with Gasteiger partial charge in [-0.15, -0.1) is 0 Å². The van der Waals surface area contributed by atoms with E-state index in [4.69, 9.17) is 0 Å². The summed E-state index contributed by atoms with van der Waals surface area (Å²) in [7, 11) is 3.73. The van der Waals surface area contributed by atoms with Gasteiger partial charge in [0.05, 0.1) is 27.5 Å². The summed E-state index contributed by atoms with van der Waals surface area (Å²) in [4.78, 5) is 35.9. The number of amides is 1. The van der Waals surface area contributed by atoms with Gasteiger partial charge in [0.2, 0.25) is 5.78 Å². The normalized spacial score (nSPS) is 16.6. The first-order valence-electron chi connectivity index (χ1n) is 10.8. The Hall–Kier alpha value is -3.56. The average molecular weight is 479 g/mol. The molecule has 9 heteroatoms. The predicted octanol–water partition coefficient (Wildman–Crippen LogP) is 4.14. The molecule has 0 fully saturated rings. The molecule has 174 valence electrons. The van der Waals surface area contributed by atoms with Crippen LogP contribution in [-0.4, -0.2) is 63.2 Å². The Balaban J connectivity index is 1.63. The van der Waals surface area contributed by atoms with Crippen LogP contribution < -0.4 is 0 Å². The minimum Gasteiger partial charge on any atom is -0.503 e. The monoisotopic (exact) mass is 478 g/mol. The molecule has 0 bridgehead atoms. The molecule has 0 aliphatic carbocycles. The molecule has 1 atom stereocenters. The lowest BCUT2D eigenvalue weighted by atomic mass is 9.95. The number of aliphatic hydroxyl groups excluding tert-OH is 1. The minimum absolute atomic E-state index is 0.0359. The van der Waals surface area contributed by atoms with Crippen LogP contribution in [0.2, 0.25) is 0 Å². The van der Waals surface area contributed by atoms with Gasteiger partial charge in [-0.1, -0.05) is 35.6 Å². The standard InChI is InChI=1S/C25H23FN4O3S/c1-14-23(34-25-27-17-9-4-5-10-18(17)30(14)25)21(31)19-20(15-7-6-8-16(26)13-15)29(12-11-28(2)3)24(33)22(19)32/h4-10,13,20,32H,11-12H2,1-3H3. The Bertz CT molecular complexity index is 1490. The van der Waals surface area contributed by atoms with Crippen LogP contribution in [-0.2, 0) is 4.79 Å². The summed E-state index contributed by atoms with van der Waals surface area (Å²) >= 11 is 1.21. The molecule has 1 unspecified atom stereocenters. The number of ketones is 1. The highest BCUT2D eigenvalue weighted by atomic mass is 32.1. The summed E-state index contributed by atoms with van der Waals surface area (Å²) in [6.45, 7) is 2.61. The van der Waals surface area contributed by atoms with E-state index >= 15 is 0 Å². The van der Waals surface area contributed by atoms with Gasteiger partial charge in [0.1, 0.15) is 5.82 Å². The Labute approximate surface area is 199 Å². The molecule has 34 heavy (non-hydrogen) atoms. The SMILES string of the molecule is Cc1c(C(=O)C2=C(O)C(=O)N(CCN(C)C)C2c2cccc(F)c2)sc2nc3ccccc3n12. The lowest BCUT2D eigenvalue weighted by molar-refractivity contribution is -0.129. The highest BCUT2D eigenvalue weighted by Crippen LogP contribution is 2.41. The van der Waals surface area contributed by atoms with Gasteiger partial charge in [-0.2, -0.15) is 0 Å². The number of likely N-dealkylation sites (N-methyl/N-ethyl adjacent to an activating group) is 1. The smallest absolute Gasteiger partial charge is 0.290 e. The zero-order chi connectivity index (χ0) is 24.1. The maximum absolute atomic E-state index is 14.1. The summed E-state index contributed by atoms with van der Waals surface area (Å²) in [5.74, 6) is -2.16. The van der Waals surface area contributed by atoms with E-state index in [1.54, 1.807) is 6.07 Å². The second kappa shape index (κ2) is 8.34. The van der Waals surface area contributed by atoms with Crippen LogP contribution in [0.4, 0.5) is 4.39 Å². The Morgan fingerprint density at radius 3 is 2.71 bits per heavy atom. The zero-order valence-electron chi connectivity index (χ0n) is 18.9. The fourth-order valence-corrected chi connectivity index (χ4v) is 5.54. The number of Topliss-reactive ketones (excluding diaryl/α,β-unsaturated/α-hetero) is 1. The number of imidazole rings is 1. The van der Waals surface area contributed by atoms with Gasteiger partial charge in [-0.05, 0) is 50.8 Å². The Morgan fingerprint density at radius 1 is 1.21 bits per heavy atom. The fraction of sp³-hybridized carbons (Fsp3) is 0.240. The first-order valence-corrected chi connectivity index (χ1v) is 11.6.